The molecular weight excluding hydrogens is 1120 g/mol. The zero-order valence-corrected chi connectivity index (χ0v) is 48.4. The van der Waals surface area contributed by atoms with Gasteiger partial charge in [-0.25, -0.2) is 14.4 Å². The summed E-state index contributed by atoms with van der Waals surface area (Å²) in [6.07, 6.45) is -29.6. The molecule has 13 N–H and O–H groups in total. The number of rotatable bonds is 14. The Balaban J connectivity index is 0.989. The number of hydrogen-bond donors (Lipinski definition) is 13. The minimum Gasteiger partial charge on any atom is -0.479 e. The summed E-state index contributed by atoms with van der Waals surface area (Å²) in [6.45, 7) is 9.03. The first kappa shape index (κ1) is 63.9. The molecule has 3 aliphatic heterocycles. The highest BCUT2D eigenvalue weighted by molar-refractivity contribution is 5.90. The maximum atomic E-state index is 14.3. The van der Waals surface area contributed by atoms with Gasteiger partial charge in [0, 0.05) is 16.2 Å². The van der Waals surface area contributed by atoms with Crippen molar-refractivity contribution in [3.8, 4) is 0 Å². The molecule has 4 saturated carbocycles. The van der Waals surface area contributed by atoms with Crippen molar-refractivity contribution in [3.05, 3.63) is 83.4 Å². The fraction of sp³-hybridized carbons (Fsp3) is 0.721. The Bertz CT molecular complexity index is 2750. The van der Waals surface area contributed by atoms with Crippen molar-refractivity contribution >= 4 is 17.9 Å². The van der Waals surface area contributed by atoms with E-state index in [-0.39, 0.29) is 29.9 Å². The number of carbonyl (C=O) groups is 3. The van der Waals surface area contributed by atoms with Gasteiger partial charge < -0.3 is 104 Å². The molecule has 0 spiro atoms. The molecule has 0 amide bonds. The summed E-state index contributed by atoms with van der Waals surface area (Å²) in [4.78, 5) is 41.3. The summed E-state index contributed by atoms with van der Waals surface area (Å²) in [5.41, 5.74) is -5.57. The molecule has 10 rings (SSSR count). The minimum atomic E-state index is -2.18. The summed E-state index contributed by atoms with van der Waals surface area (Å²) < 4.78 is 49.1. The van der Waals surface area contributed by atoms with Crippen LogP contribution in [0.5, 0.6) is 0 Å². The van der Waals surface area contributed by atoms with Crippen molar-refractivity contribution in [3.63, 3.8) is 0 Å². The Morgan fingerprint density at radius 1 is 0.612 bits per heavy atom. The monoisotopic (exact) mass is 1200 g/mol. The van der Waals surface area contributed by atoms with Crippen LogP contribution in [0.4, 0.5) is 0 Å². The highest BCUT2D eigenvalue weighted by atomic mass is 16.8. The summed E-state index contributed by atoms with van der Waals surface area (Å²) in [7, 11) is 0. The van der Waals surface area contributed by atoms with Gasteiger partial charge in [0.25, 0.3) is 0 Å². The van der Waals surface area contributed by atoms with E-state index >= 15 is 0 Å². The largest absolute Gasteiger partial charge is 0.479 e. The van der Waals surface area contributed by atoms with E-state index in [1.807, 2.05) is 27.7 Å². The smallest absolute Gasteiger partial charge is 0.338 e. The van der Waals surface area contributed by atoms with E-state index in [1.54, 1.807) is 60.7 Å². The molecule has 7 fully saturated rings. The van der Waals surface area contributed by atoms with Crippen LogP contribution in [0.15, 0.2) is 72.3 Å². The molecule has 8 aliphatic rings. The summed E-state index contributed by atoms with van der Waals surface area (Å²) in [5, 5.41) is 147. The molecule has 24 heteroatoms. The van der Waals surface area contributed by atoms with Crippen LogP contribution < -0.4 is 0 Å². The van der Waals surface area contributed by atoms with Crippen LogP contribution in [0.2, 0.25) is 0 Å². The van der Waals surface area contributed by atoms with Gasteiger partial charge in [0.05, 0.1) is 61.3 Å². The Morgan fingerprint density at radius 2 is 1.21 bits per heavy atom. The molecule has 3 heterocycles. The predicted molar refractivity (Wildman–Crippen MR) is 291 cm³/mol. The zero-order chi connectivity index (χ0) is 61.7. The number of carbonyl (C=O) groups excluding carboxylic acids is 2. The second-order valence-electron chi connectivity index (χ2n) is 26.7. The van der Waals surface area contributed by atoms with E-state index < -0.39 is 205 Å². The molecule has 2 aromatic rings. The summed E-state index contributed by atoms with van der Waals surface area (Å²) >= 11 is 0. The lowest BCUT2D eigenvalue weighted by atomic mass is 9.32. The molecule has 3 saturated heterocycles. The zero-order valence-electron chi connectivity index (χ0n) is 48.4. The Hall–Kier alpha value is -4.13. The highest BCUT2D eigenvalue weighted by Gasteiger charge is 2.77. The molecule has 0 radical (unpaired) electrons. The third-order valence-corrected chi connectivity index (χ3v) is 22.0. The van der Waals surface area contributed by atoms with E-state index in [2.05, 4.69) is 19.9 Å². The third-order valence-electron chi connectivity index (χ3n) is 22.0. The molecule has 472 valence electrons. The number of aliphatic hydroxyl groups excluding tert-OH is 12. The van der Waals surface area contributed by atoms with E-state index in [0.717, 1.165) is 5.57 Å². The Labute approximate surface area is 491 Å². The van der Waals surface area contributed by atoms with Gasteiger partial charge in [0.1, 0.15) is 67.1 Å². The molecule has 27 atom stereocenters. The number of hydrogen-bond acceptors (Lipinski definition) is 23. The van der Waals surface area contributed by atoms with Crippen LogP contribution in [0, 0.1) is 50.2 Å². The van der Waals surface area contributed by atoms with Gasteiger partial charge in [-0.2, -0.15) is 0 Å². The van der Waals surface area contributed by atoms with Crippen LogP contribution in [0.25, 0.3) is 0 Å². The number of esters is 2. The van der Waals surface area contributed by atoms with Crippen LogP contribution in [-0.2, 0) is 42.7 Å². The molecule has 0 aromatic heterocycles. The van der Waals surface area contributed by atoms with Gasteiger partial charge in [-0.1, -0.05) is 89.6 Å². The molecule has 85 heavy (non-hydrogen) atoms. The van der Waals surface area contributed by atoms with Crippen molar-refractivity contribution in [1.29, 1.82) is 0 Å². The highest BCUT2D eigenvalue weighted by Crippen LogP contribution is 2.76. The van der Waals surface area contributed by atoms with Crippen molar-refractivity contribution in [2.45, 2.75) is 197 Å². The maximum Gasteiger partial charge on any atom is 0.338 e. The van der Waals surface area contributed by atoms with E-state index in [0.29, 0.717) is 25.7 Å². The fourth-order valence-corrected chi connectivity index (χ4v) is 17.0. The number of ether oxygens (including phenoxy) is 8. The lowest BCUT2D eigenvalue weighted by Gasteiger charge is -2.73. The molecule has 5 aliphatic carbocycles. The van der Waals surface area contributed by atoms with Gasteiger partial charge in [-0.3, -0.25) is 0 Å². The number of carboxylic acid groups (broad SMARTS) is 1. The lowest BCUT2D eigenvalue weighted by molar-refractivity contribution is -0.393. The standard InChI is InChI=1S/C61H84O24/c1-56(2)23-31-30-17-18-35-57(3)21-20-36(80-55-45(83-54-41(70)39(68)38(67)33(24-62)79-54)43(42(71)44(82-55)50(74)75)81-53-40(69)37(66)32(65)25-78-53)58(4,26-63)34(57)19-22-59(35,5)60(30,6)46(72)47(73)61(31,27-64)49(85-52(77)29-15-11-8-12-16-29)48(56)84-51(76)28-13-9-7-10-14-28/h7-17,31-49,53-55,62-73H,18-27H2,1-6H3,(H,74,75)/t31?,32-,33-,34?,35?,36+,37+,38+,39+,40-,41-,42+,43+,44+,45-,46+,47-,48+,49+,53+,54+,55+,57+,58-,59-,60+,61+/m1/s1. The molecule has 24 nitrogen and oxygen atoms in total. The van der Waals surface area contributed by atoms with Crippen LogP contribution in [0.1, 0.15) is 101 Å². The van der Waals surface area contributed by atoms with Gasteiger partial charge in [-0.15, -0.1) is 0 Å². The number of fused-ring (bicyclic) bond motifs is 7. The second-order valence-corrected chi connectivity index (χ2v) is 26.7. The van der Waals surface area contributed by atoms with Gasteiger partial charge in [0.15, 0.2) is 31.1 Å². The first-order chi connectivity index (χ1) is 40.1. The van der Waals surface area contributed by atoms with Gasteiger partial charge >= 0.3 is 17.9 Å². The molecule has 0 bridgehead atoms. The number of benzene rings is 2. The van der Waals surface area contributed by atoms with E-state index in [4.69, 9.17) is 37.9 Å². The maximum absolute atomic E-state index is 14.3. The van der Waals surface area contributed by atoms with Crippen LogP contribution >= 0.6 is 0 Å². The summed E-state index contributed by atoms with van der Waals surface area (Å²) in [5.74, 6) is -4.63. The topological polar surface area (TPSA) is 388 Å². The third kappa shape index (κ3) is 10.2. The van der Waals surface area contributed by atoms with Crippen molar-refractivity contribution < 1.29 is 119 Å². The van der Waals surface area contributed by atoms with Crippen molar-refractivity contribution in [2.75, 3.05) is 26.4 Å². The Morgan fingerprint density at radius 3 is 1.80 bits per heavy atom. The number of aliphatic hydroxyl groups is 12. The minimum absolute atomic E-state index is 0.157. The molecular formula is C61H84O24. The number of carboxylic acids is 1. The second kappa shape index (κ2) is 23.7. The number of aliphatic carboxylic acids is 1. The van der Waals surface area contributed by atoms with Crippen LogP contribution in [-0.4, -0.2) is 227 Å². The average molecular weight is 1200 g/mol. The van der Waals surface area contributed by atoms with Gasteiger partial charge in [-0.05, 0) is 91.4 Å². The van der Waals surface area contributed by atoms with E-state index in [1.165, 1.54) is 0 Å². The average Bonchev–Trinajstić information content (AvgIpc) is 0.671. The van der Waals surface area contributed by atoms with Gasteiger partial charge in [0.2, 0.25) is 0 Å². The van der Waals surface area contributed by atoms with E-state index in [9.17, 15) is 80.8 Å². The Kier molecular flexibility index (Phi) is 17.8. The quantitative estimate of drug-likeness (QED) is 0.0669. The number of allylic oxidation sites excluding steroid dienone is 1. The first-order valence-corrected chi connectivity index (χ1v) is 29.4. The van der Waals surface area contributed by atoms with Crippen molar-refractivity contribution in [2.24, 2.45) is 50.2 Å². The molecule has 3 unspecified atom stereocenters. The van der Waals surface area contributed by atoms with Crippen LogP contribution in [0.3, 0.4) is 0 Å². The fourth-order valence-electron chi connectivity index (χ4n) is 17.0. The summed E-state index contributed by atoms with van der Waals surface area (Å²) in [6, 6.07) is 16.5. The first-order valence-electron chi connectivity index (χ1n) is 29.4. The molecule has 2 aromatic carbocycles. The normalized spacial score (nSPS) is 47.6. The SMILES string of the molecule is CC1(C)CC2C3=CCC4[C@@]5(C)CC[C@H](O[C@H]6O[C@H](C(=O)O)[C@@H](O)[C@H](O[C@@H]7OC[C@@H](O)[C@H](O)[C@H]7O)[C@H]6O[C@@H]6O[C@H](CO)[C@H](O)[C@H](O)[C@H]6O)[C@](C)(CO)C5CC[C@@]4(C)[C@]3(C)[C@@H](O)[C@@H](O)[C@@]2(CO)[C@@H](OC(=O)c2ccccc2)[C@@H]1OC(=O)c1ccccc1. The lowest BCUT2D eigenvalue weighted by Crippen LogP contribution is -2.76. The van der Waals surface area contributed by atoms with Crippen molar-refractivity contribution in [1.82, 2.24) is 0 Å². The predicted octanol–water partition coefficient (Wildman–Crippen LogP) is -0.0697.